The number of Topliss-reactive ketones (excluding diaryl/α,β-unsaturated/α-hetero) is 1. The Morgan fingerprint density at radius 1 is 1.38 bits per heavy atom. The number of carbonyl (C=O) groups excluding carboxylic acids is 3. The Balaban J connectivity index is 0.000000677. The van der Waals surface area contributed by atoms with Crippen LogP contribution in [0, 0.1) is 0 Å². The number of fused-ring (bicyclic) bond motifs is 1. The van der Waals surface area contributed by atoms with E-state index in [2.05, 4.69) is 0 Å². The highest BCUT2D eigenvalue weighted by atomic mass is 16.2. The third-order valence-electron chi connectivity index (χ3n) is 3.62. The minimum absolute atomic E-state index is 0.0991. The van der Waals surface area contributed by atoms with E-state index in [1.54, 1.807) is 0 Å². The summed E-state index contributed by atoms with van der Waals surface area (Å²) in [6.45, 7) is 6.02. The van der Waals surface area contributed by atoms with Crippen molar-refractivity contribution in [2.75, 3.05) is 0 Å². The lowest BCUT2D eigenvalue weighted by Crippen LogP contribution is -2.33. The average Bonchev–Trinajstić information content (AvgIpc) is 2.83. The highest BCUT2D eigenvalue weighted by molar-refractivity contribution is 5.98. The number of rotatable bonds is 5. The van der Waals surface area contributed by atoms with Crippen LogP contribution in [0.3, 0.4) is 0 Å². The van der Waals surface area contributed by atoms with Gasteiger partial charge in [0.05, 0.1) is 0 Å². The smallest absolute Gasteiger partial charge is 0.254 e. The standard InChI is InChI=1S/C15H19NO2.C2H4O/c1-3-13(17)9-8-11(2)16-10-12-6-4-5-7-14(12)15(16)18;1-2-3/h4-7,11H,3,8-10H2,1-2H3;2H,1H3. The van der Waals surface area contributed by atoms with E-state index in [1.165, 1.54) is 6.92 Å². The molecule has 0 aliphatic carbocycles. The van der Waals surface area contributed by atoms with Gasteiger partial charge in [-0.25, -0.2) is 0 Å². The molecular weight excluding hydrogens is 266 g/mol. The van der Waals surface area contributed by atoms with Crippen LogP contribution in [0.15, 0.2) is 24.3 Å². The zero-order valence-corrected chi connectivity index (χ0v) is 13.0. The number of nitrogens with zero attached hydrogens (tertiary/aromatic N) is 1. The number of carbonyl (C=O) groups is 3. The molecule has 21 heavy (non-hydrogen) atoms. The van der Waals surface area contributed by atoms with E-state index in [0.717, 1.165) is 23.8 Å². The van der Waals surface area contributed by atoms with E-state index in [4.69, 9.17) is 4.79 Å². The van der Waals surface area contributed by atoms with Gasteiger partial charge < -0.3 is 9.69 Å². The molecule has 1 unspecified atom stereocenters. The number of amides is 1. The van der Waals surface area contributed by atoms with Crippen molar-refractivity contribution in [1.82, 2.24) is 4.90 Å². The van der Waals surface area contributed by atoms with Crippen LogP contribution in [0.1, 0.15) is 56.0 Å². The molecule has 1 amide bonds. The number of aldehydes is 1. The van der Waals surface area contributed by atoms with Crippen molar-refractivity contribution in [2.45, 2.75) is 52.6 Å². The Morgan fingerprint density at radius 2 is 2.00 bits per heavy atom. The molecule has 1 atom stereocenters. The first-order valence-electron chi connectivity index (χ1n) is 7.35. The fourth-order valence-electron chi connectivity index (χ4n) is 2.34. The Kier molecular flexibility index (Phi) is 6.79. The third-order valence-corrected chi connectivity index (χ3v) is 3.62. The summed E-state index contributed by atoms with van der Waals surface area (Å²) in [6, 6.07) is 7.85. The summed E-state index contributed by atoms with van der Waals surface area (Å²) in [5.74, 6) is 0.369. The maximum atomic E-state index is 12.2. The summed E-state index contributed by atoms with van der Waals surface area (Å²) >= 11 is 0. The predicted octanol–water partition coefficient (Wildman–Crippen LogP) is 3.00. The van der Waals surface area contributed by atoms with E-state index < -0.39 is 0 Å². The fraction of sp³-hybridized carbons (Fsp3) is 0.471. The lowest BCUT2D eigenvalue weighted by molar-refractivity contribution is -0.119. The molecule has 0 spiro atoms. The number of benzene rings is 1. The molecule has 0 bridgehead atoms. The molecule has 0 saturated carbocycles. The van der Waals surface area contributed by atoms with Gasteiger partial charge in [0.1, 0.15) is 12.1 Å². The van der Waals surface area contributed by atoms with Gasteiger partial charge in [-0.3, -0.25) is 9.59 Å². The second kappa shape index (κ2) is 8.35. The minimum Gasteiger partial charge on any atom is -0.332 e. The van der Waals surface area contributed by atoms with Gasteiger partial charge in [-0.05, 0) is 31.9 Å². The summed E-state index contributed by atoms with van der Waals surface area (Å²) in [6.07, 6.45) is 2.66. The van der Waals surface area contributed by atoms with Crippen LogP contribution in [0.2, 0.25) is 0 Å². The van der Waals surface area contributed by atoms with Crippen LogP contribution in [-0.4, -0.2) is 28.9 Å². The first kappa shape index (κ1) is 17.1. The van der Waals surface area contributed by atoms with Gasteiger partial charge in [0.25, 0.3) is 5.91 Å². The van der Waals surface area contributed by atoms with Gasteiger partial charge in [-0.15, -0.1) is 0 Å². The zero-order chi connectivity index (χ0) is 15.8. The van der Waals surface area contributed by atoms with Crippen LogP contribution < -0.4 is 0 Å². The Labute approximate surface area is 126 Å². The van der Waals surface area contributed by atoms with Gasteiger partial charge in [0.2, 0.25) is 0 Å². The summed E-state index contributed by atoms with van der Waals surface area (Å²) in [4.78, 5) is 34.2. The SMILES string of the molecule is CC=O.CCC(=O)CCC(C)N1Cc2ccccc2C1=O. The Bertz CT molecular complexity index is 511. The molecule has 114 valence electrons. The van der Waals surface area contributed by atoms with Crippen molar-refractivity contribution < 1.29 is 14.4 Å². The maximum Gasteiger partial charge on any atom is 0.254 e. The third kappa shape index (κ3) is 4.52. The van der Waals surface area contributed by atoms with E-state index in [-0.39, 0.29) is 17.7 Å². The van der Waals surface area contributed by atoms with Crippen molar-refractivity contribution in [1.29, 1.82) is 0 Å². The molecule has 0 saturated heterocycles. The summed E-state index contributed by atoms with van der Waals surface area (Å²) in [7, 11) is 0. The molecule has 2 rings (SSSR count). The summed E-state index contributed by atoms with van der Waals surface area (Å²) in [5, 5.41) is 0. The monoisotopic (exact) mass is 289 g/mol. The predicted molar refractivity (Wildman–Crippen MR) is 82.0 cm³/mol. The number of ketones is 1. The average molecular weight is 289 g/mol. The van der Waals surface area contributed by atoms with Crippen molar-refractivity contribution in [3.05, 3.63) is 35.4 Å². The largest absolute Gasteiger partial charge is 0.332 e. The Morgan fingerprint density at radius 3 is 2.57 bits per heavy atom. The van der Waals surface area contributed by atoms with E-state index >= 15 is 0 Å². The second-order valence-corrected chi connectivity index (χ2v) is 5.11. The van der Waals surface area contributed by atoms with E-state index in [0.29, 0.717) is 19.4 Å². The highest BCUT2D eigenvalue weighted by Gasteiger charge is 2.30. The van der Waals surface area contributed by atoms with Crippen LogP contribution in [0.25, 0.3) is 0 Å². The maximum absolute atomic E-state index is 12.2. The van der Waals surface area contributed by atoms with Crippen LogP contribution >= 0.6 is 0 Å². The molecule has 4 nitrogen and oxygen atoms in total. The van der Waals surface area contributed by atoms with Gasteiger partial charge >= 0.3 is 0 Å². The molecule has 0 N–H and O–H groups in total. The molecule has 1 aliphatic rings. The molecule has 1 aromatic carbocycles. The van der Waals surface area contributed by atoms with Crippen molar-refractivity contribution in [2.24, 2.45) is 0 Å². The quantitative estimate of drug-likeness (QED) is 0.783. The number of hydrogen-bond acceptors (Lipinski definition) is 3. The first-order chi connectivity index (χ1) is 10.0. The van der Waals surface area contributed by atoms with Crippen LogP contribution in [-0.2, 0) is 16.1 Å². The van der Waals surface area contributed by atoms with Crippen molar-refractivity contribution >= 4 is 18.0 Å². The summed E-state index contributed by atoms with van der Waals surface area (Å²) in [5.41, 5.74) is 1.90. The molecule has 1 heterocycles. The zero-order valence-electron chi connectivity index (χ0n) is 13.0. The molecule has 1 aliphatic heterocycles. The van der Waals surface area contributed by atoms with Gasteiger partial charge in [0.15, 0.2) is 0 Å². The van der Waals surface area contributed by atoms with Crippen LogP contribution in [0.5, 0.6) is 0 Å². The fourth-order valence-corrected chi connectivity index (χ4v) is 2.34. The van der Waals surface area contributed by atoms with Gasteiger partial charge in [-0.1, -0.05) is 25.1 Å². The van der Waals surface area contributed by atoms with Gasteiger partial charge in [-0.2, -0.15) is 0 Å². The molecule has 0 fully saturated rings. The van der Waals surface area contributed by atoms with Crippen molar-refractivity contribution in [3.8, 4) is 0 Å². The van der Waals surface area contributed by atoms with E-state index in [9.17, 15) is 9.59 Å². The molecular formula is C17H23NO3. The van der Waals surface area contributed by atoms with E-state index in [1.807, 2.05) is 43.0 Å². The first-order valence-corrected chi connectivity index (χ1v) is 7.35. The van der Waals surface area contributed by atoms with Crippen LogP contribution in [0.4, 0.5) is 0 Å². The number of hydrogen-bond donors (Lipinski definition) is 0. The lowest BCUT2D eigenvalue weighted by Gasteiger charge is -2.24. The normalized spacial score (nSPS) is 14.0. The lowest BCUT2D eigenvalue weighted by atomic mass is 10.1. The highest BCUT2D eigenvalue weighted by Crippen LogP contribution is 2.25. The second-order valence-electron chi connectivity index (χ2n) is 5.11. The molecule has 1 aromatic rings. The van der Waals surface area contributed by atoms with Gasteiger partial charge in [0, 0.05) is 31.0 Å². The molecule has 4 heteroatoms. The topological polar surface area (TPSA) is 54.5 Å². The molecule has 0 radical (unpaired) electrons. The Hall–Kier alpha value is -1.97. The van der Waals surface area contributed by atoms with Crippen molar-refractivity contribution in [3.63, 3.8) is 0 Å². The summed E-state index contributed by atoms with van der Waals surface area (Å²) < 4.78 is 0. The minimum atomic E-state index is 0.0991. The molecule has 0 aromatic heterocycles.